The lowest BCUT2D eigenvalue weighted by Gasteiger charge is -2.20. The Morgan fingerprint density at radius 1 is 1.24 bits per heavy atom. The van der Waals surface area contributed by atoms with E-state index in [1.54, 1.807) is 7.11 Å². The SMILES string of the molecule is COCC(NCC=Cc1ccccc1)C(C)C. The van der Waals surface area contributed by atoms with Crippen LogP contribution in [-0.2, 0) is 4.74 Å². The Morgan fingerprint density at radius 3 is 2.53 bits per heavy atom. The summed E-state index contributed by atoms with van der Waals surface area (Å²) in [5.74, 6) is 0.583. The molecule has 0 saturated carbocycles. The van der Waals surface area contributed by atoms with Gasteiger partial charge in [0.1, 0.15) is 0 Å². The Kier molecular flexibility index (Phi) is 6.60. The molecule has 0 bridgehead atoms. The van der Waals surface area contributed by atoms with Gasteiger partial charge in [0.2, 0.25) is 0 Å². The van der Waals surface area contributed by atoms with Crippen molar-refractivity contribution in [2.45, 2.75) is 19.9 Å². The smallest absolute Gasteiger partial charge is 0.0618 e. The summed E-state index contributed by atoms with van der Waals surface area (Å²) >= 11 is 0. The fourth-order valence-corrected chi connectivity index (χ4v) is 1.65. The third-order valence-electron chi connectivity index (χ3n) is 2.76. The molecule has 0 heterocycles. The summed E-state index contributed by atoms with van der Waals surface area (Å²) in [4.78, 5) is 0. The second kappa shape index (κ2) is 8.04. The van der Waals surface area contributed by atoms with Gasteiger partial charge >= 0.3 is 0 Å². The van der Waals surface area contributed by atoms with Crippen molar-refractivity contribution in [1.29, 1.82) is 0 Å². The number of nitrogens with one attached hydrogen (secondary N) is 1. The number of benzene rings is 1. The van der Waals surface area contributed by atoms with Gasteiger partial charge < -0.3 is 10.1 Å². The van der Waals surface area contributed by atoms with Gasteiger partial charge in [-0.2, -0.15) is 0 Å². The molecule has 0 saturated heterocycles. The van der Waals surface area contributed by atoms with Crippen LogP contribution in [0.3, 0.4) is 0 Å². The highest BCUT2D eigenvalue weighted by Gasteiger charge is 2.10. The van der Waals surface area contributed by atoms with E-state index in [0.29, 0.717) is 12.0 Å². The molecule has 0 fully saturated rings. The van der Waals surface area contributed by atoms with Crippen LogP contribution in [0.25, 0.3) is 6.08 Å². The molecule has 0 amide bonds. The van der Waals surface area contributed by atoms with Crippen molar-refractivity contribution in [1.82, 2.24) is 5.32 Å². The summed E-state index contributed by atoms with van der Waals surface area (Å²) in [6.07, 6.45) is 4.29. The molecule has 0 aliphatic heterocycles. The molecule has 94 valence electrons. The second-order valence-corrected chi connectivity index (χ2v) is 4.53. The molecule has 1 aromatic rings. The number of ether oxygens (including phenoxy) is 1. The number of hydrogen-bond acceptors (Lipinski definition) is 2. The minimum atomic E-state index is 0.417. The summed E-state index contributed by atoms with van der Waals surface area (Å²) in [5, 5.41) is 3.48. The topological polar surface area (TPSA) is 21.3 Å². The zero-order valence-electron chi connectivity index (χ0n) is 11.0. The highest BCUT2D eigenvalue weighted by Crippen LogP contribution is 2.03. The van der Waals surface area contributed by atoms with Crippen LogP contribution in [0.5, 0.6) is 0 Å². The molecule has 0 aromatic heterocycles. The quantitative estimate of drug-likeness (QED) is 0.782. The van der Waals surface area contributed by atoms with E-state index in [4.69, 9.17) is 4.74 Å². The molecular formula is C15H23NO. The Bertz CT molecular complexity index is 319. The Labute approximate surface area is 105 Å². The third-order valence-corrected chi connectivity index (χ3v) is 2.76. The van der Waals surface area contributed by atoms with Crippen molar-refractivity contribution < 1.29 is 4.74 Å². The molecule has 2 heteroatoms. The maximum absolute atomic E-state index is 5.19. The van der Waals surface area contributed by atoms with Crippen LogP contribution >= 0.6 is 0 Å². The Morgan fingerprint density at radius 2 is 1.94 bits per heavy atom. The highest BCUT2D eigenvalue weighted by atomic mass is 16.5. The molecule has 1 atom stereocenters. The summed E-state index contributed by atoms with van der Waals surface area (Å²) in [6, 6.07) is 10.8. The van der Waals surface area contributed by atoms with Crippen LogP contribution in [0.4, 0.5) is 0 Å². The average Bonchev–Trinajstić information content (AvgIpc) is 2.34. The average molecular weight is 233 g/mol. The number of methoxy groups -OCH3 is 1. The molecule has 0 radical (unpaired) electrons. The van der Waals surface area contributed by atoms with Crippen LogP contribution in [0.15, 0.2) is 36.4 Å². The molecule has 0 aliphatic rings. The first kappa shape index (κ1) is 13.9. The van der Waals surface area contributed by atoms with Crippen molar-refractivity contribution in [2.24, 2.45) is 5.92 Å². The Hall–Kier alpha value is -1.12. The van der Waals surface area contributed by atoms with E-state index in [0.717, 1.165) is 13.2 Å². The molecule has 17 heavy (non-hydrogen) atoms. The molecular weight excluding hydrogens is 210 g/mol. The lowest BCUT2D eigenvalue weighted by Crippen LogP contribution is -2.37. The van der Waals surface area contributed by atoms with E-state index in [1.165, 1.54) is 5.56 Å². The zero-order valence-corrected chi connectivity index (χ0v) is 11.0. The number of hydrogen-bond donors (Lipinski definition) is 1. The summed E-state index contributed by atoms with van der Waals surface area (Å²) < 4.78 is 5.19. The van der Waals surface area contributed by atoms with Gasteiger partial charge in [-0.15, -0.1) is 0 Å². The van der Waals surface area contributed by atoms with Crippen molar-refractivity contribution in [2.75, 3.05) is 20.3 Å². The molecule has 0 aliphatic carbocycles. The first-order valence-corrected chi connectivity index (χ1v) is 6.18. The lowest BCUT2D eigenvalue weighted by atomic mass is 10.1. The first-order valence-electron chi connectivity index (χ1n) is 6.18. The van der Waals surface area contributed by atoms with E-state index in [-0.39, 0.29) is 0 Å². The molecule has 1 N–H and O–H groups in total. The van der Waals surface area contributed by atoms with Crippen LogP contribution < -0.4 is 5.32 Å². The van der Waals surface area contributed by atoms with Gasteiger partial charge in [0.25, 0.3) is 0 Å². The maximum atomic E-state index is 5.19. The summed E-state index contributed by atoms with van der Waals surface area (Å²) in [6.45, 7) is 6.05. The monoisotopic (exact) mass is 233 g/mol. The van der Waals surface area contributed by atoms with Gasteiger partial charge in [0.15, 0.2) is 0 Å². The second-order valence-electron chi connectivity index (χ2n) is 4.53. The van der Waals surface area contributed by atoms with Crippen molar-refractivity contribution >= 4 is 6.08 Å². The van der Waals surface area contributed by atoms with Crippen molar-refractivity contribution in [3.05, 3.63) is 42.0 Å². The predicted octanol–water partition coefficient (Wildman–Crippen LogP) is 2.96. The van der Waals surface area contributed by atoms with Crippen LogP contribution in [-0.4, -0.2) is 26.3 Å². The minimum Gasteiger partial charge on any atom is -0.383 e. The zero-order chi connectivity index (χ0) is 12.5. The Balaban J connectivity index is 2.33. The fourth-order valence-electron chi connectivity index (χ4n) is 1.65. The summed E-state index contributed by atoms with van der Waals surface area (Å²) in [5.41, 5.74) is 1.24. The first-order chi connectivity index (χ1) is 8.24. The van der Waals surface area contributed by atoms with E-state index in [2.05, 4.69) is 55.6 Å². The molecule has 1 aromatic carbocycles. The maximum Gasteiger partial charge on any atom is 0.0618 e. The van der Waals surface area contributed by atoms with E-state index in [9.17, 15) is 0 Å². The van der Waals surface area contributed by atoms with E-state index >= 15 is 0 Å². The number of rotatable bonds is 7. The molecule has 1 rings (SSSR count). The fraction of sp³-hybridized carbons (Fsp3) is 0.467. The van der Waals surface area contributed by atoms with Gasteiger partial charge in [0, 0.05) is 19.7 Å². The molecule has 2 nitrogen and oxygen atoms in total. The van der Waals surface area contributed by atoms with Gasteiger partial charge in [-0.3, -0.25) is 0 Å². The minimum absolute atomic E-state index is 0.417. The van der Waals surface area contributed by atoms with Gasteiger partial charge in [0.05, 0.1) is 6.61 Å². The van der Waals surface area contributed by atoms with Crippen LogP contribution in [0, 0.1) is 5.92 Å². The highest BCUT2D eigenvalue weighted by molar-refractivity contribution is 5.48. The lowest BCUT2D eigenvalue weighted by molar-refractivity contribution is 0.149. The standard InChI is InChI=1S/C15H23NO/c1-13(2)15(12-17-3)16-11-7-10-14-8-5-4-6-9-14/h4-10,13,15-16H,11-12H2,1-3H3. The summed E-state index contributed by atoms with van der Waals surface area (Å²) in [7, 11) is 1.75. The van der Waals surface area contributed by atoms with Gasteiger partial charge in [-0.1, -0.05) is 56.3 Å². The van der Waals surface area contributed by atoms with Crippen LogP contribution in [0.2, 0.25) is 0 Å². The molecule has 1 unspecified atom stereocenters. The van der Waals surface area contributed by atoms with Crippen LogP contribution in [0.1, 0.15) is 19.4 Å². The third kappa shape index (κ3) is 5.66. The van der Waals surface area contributed by atoms with Gasteiger partial charge in [-0.05, 0) is 11.5 Å². The predicted molar refractivity (Wildman–Crippen MR) is 74.0 cm³/mol. The molecule has 0 spiro atoms. The van der Waals surface area contributed by atoms with E-state index < -0.39 is 0 Å². The normalized spacial score (nSPS) is 13.4. The van der Waals surface area contributed by atoms with Crippen molar-refractivity contribution in [3.63, 3.8) is 0 Å². The largest absolute Gasteiger partial charge is 0.383 e. The van der Waals surface area contributed by atoms with E-state index in [1.807, 2.05) is 6.07 Å². The van der Waals surface area contributed by atoms with Crippen molar-refractivity contribution in [3.8, 4) is 0 Å². The van der Waals surface area contributed by atoms with Gasteiger partial charge in [-0.25, -0.2) is 0 Å².